The van der Waals surface area contributed by atoms with Crippen LogP contribution in [0.2, 0.25) is 9.26 Å². The molecular formula is C50H46Cl2F2SiZr. The second kappa shape index (κ2) is 16.4. The van der Waals surface area contributed by atoms with Gasteiger partial charge in [0, 0.05) is 0 Å². The molecule has 4 aromatic carbocycles. The van der Waals surface area contributed by atoms with Crippen molar-refractivity contribution in [3.63, 3.8) is 0 Å². The molecule has 0 unspecified atom stereocenters. The van der Waals surface area contributed by atoms with E-state index in [1.165, 1.54) is 28.8 Å². The molecule has 0 atom stereocenters. The summed E-state index contributed by atoms with van der Waals surface area (Å²) in [6.45, 7) is 6.73. The third-order valence-electron chi connectivity index (χ3n) is 11.4. The van der Waals surface area contributed by atoms with Crippen LogP contribution in [0.4, 0.5) is 8.78 Å². The van der Waals surface area contributed by atoms with Crippen molar-refractivity contribution < 1.29 is 26.2 Å². The van der Waals surface area contributed by atoms with E-state index in [0.29, 0.717) is 11.1 Å². The molecule has 0 amide bonds. The van der Waals surface area contributed by atoms with Crippen LogP contribution in [0.1, 0.15) is 25.0 Å². The van der Waals surface area contributed by atoms with E-state index < -0.39 is 17.4 Å². The van der Waals surface area contributed by atoms with Crippen LogP contribution in [-0.4, -0.2) is 6.88 Å². The van der Waals surface area contributed by atoms with Gasteiger partial charge in [0.1, 0.15) is 0 Å². The molecule has 0 aromatic heterocycles. The largest absolute Gasteiger partial charge is 0.147 e. The van der Waals surface area contributed by atoms with Gasteiger partial charge in [0.25, 0.3) is 0 Å². The number of fused-ring (bicyclic) bond motifs is 2. The maximum absolute atomic E-state index is 16.2. The van der Waals surface area contributed by atoms with Crippen molar-refractivity contribution in [2.75, 3.05) is 0 Å². The van der Waals surface area contributed by atoms with Crippen LogP contribution >= 0.6 is 24.8 Å². The summed E-state index contributed by atoms with van der Waals surface area (Å²) in [6.07, 6.45) is 1.74. The average Bonchev–Trinajstić information content (AvgIpc) is 3.62. The number of aryl methyl sites for hydroxylation is 2. The Morgan fingerprint density at radius 3 is 1.09 bits per heavy atom. The molecule has 0 heterocycles. The monoisotopic (exact) mass is 872 g/mol. The summed E-state index contributed by atoms with van der Waals surface area (Å²) in [5.74, 6) is -0.447. The number of benzene rings is 4. The summed E-state index contributed by atoms with van der Waals surface area (Å²) >= 11 is -4.24. The average molecular weight is 875 g/mol. The van der Waals surface area contributed by atoms with Crippen LogP contribution in [0.25, 0.3) is 66.8 Å². The standard InChI is InChI=1S/2C24H18F.2CH3.2ClH.H2Si.Zr/c2*1-2-17-15-19-11-6-7-12-21(22(19)16-17)24-20(13-8-14-23(24)25)18-9-4-3-5-10-18;;;;;;/h2*3-14,16H,2H2,1H3;2*1H3;2*1H;1H2;. The molecule has 0 aliphatic heterocycles. The molecule has 0 saturated carbocycles. The molecule has 56 heavy (non-hydrogen) atoms. The zero-order chi connectivity index (χ0) is 37.6. The summed E-state index contributed by atoms with van der Waals surface area (Å²) in [7, 11) is 0. The third kappa shape index (κ3) is 7.05. The predicted octanol–water partition coefficient (Wildman–Crippen LogP) is 13.1. The van der Waals surface area contributed by atoms with Crippen molar-refractivity contribution in [1.82, 2.24) is 0 Å². The van der Waals surface area contributed by atoms with E-state index in [-0.39, 0.29) is 36.4 Å². The van der Waals surface area contributed by atoms with Crippen LogP contribution in [0.15, 0.2) is 158 Å². The summed E-state index contributed by atoms with van der Waals surface area (Å²) < 4.78 is 40.5. The molecule has 4 aromatic rings. The minimum Gasteiger partial charge on any atom is -0.147 e. The Balaban J connectivity index is 0.00000266. The van der Waals surface area contributed by atoms with Crippen molar-refractivity contribution in [3.8, 4) is 66.8 Å². The van der Waals surface area contributed by atoms with E-state index in [1.807, 2.05) is 60.7 Å². The van der Waals surface area contributed by atoms with Crippen molar-refractivity contribution in [1.29, 1.82) is 0 Å². The Hall–Kier alpha value is -4.18. The second-order valence-electron chi connectivity index (χ2n) is 15.5. The van der Waals surface area contributed by atoms with E-state index in [0.717, 1.165) is 57.3 Å². The number of hydrogen-bond donors (Lipinski definition) is 0. The van der Waals surface area contributed by atoms with Crippen LogP contribution in [0.5, 0.6) is 0 Å². The van der Waals surface area contributed by atoms with Crippen molar-refractivity contribution in [2.45, 2.75) is 36.0 Å². The minimum atomic E-state index is -4.24. The van der Waals surface area contributed by atoms with Gasteiger partial charge in [-0.3, -0.25) is 0 Å². The maximum atomic E-state index is 16.2. The first-order valence-corrected chi connectivity index (χ1v) is 32.3. The normalized spacial score (nSPS) is 11.6. The van der Waals surface area contributed by atoms with E-state index in [9.17, 15) is 0 Å². The molecule has 0 saturated heterocycles. The quantitative estimate of drug-likeness (QED) is 0.133. The SMILES string of the molecule is CCc1cc2c(-c3c(F)cccc3-c3ccccc3)ccccc-2[c]1[Zr]([CH3])([CH3])(=[SiH2])[c]1c(CC)cc2c(-c3c(F)cccc3-c3ccccc3)ccccc1-2.Cl.Cl. The van der Waals surface area contributed by atoms with E-state index >= 15 is 8.78 Å². The molecule has 6 heteroatoms. The van der Waals surface area contributed by atoms with Gasteiger partial charge < -0.3 is 0 Å². The van der Waals surface area contributed by atoms with Gasteiger partial charge in [-0.25, -0.2) is 0 Å². The van der Waals surface area contributed by atoms with Crippen LogP contribution < -0.4 is 6.54 Å². The van der Waals surface area contributed by atoms with Gasteiger partial charge in [-0.05, 0) is 0 Å². The summed E-state index contributed by atoms with van der Waals surface area (Å²) in [4.78, 5) is 0. The summed E-state index contributed by atoms with van der Waals surface area (Å²) in [5, 5.41) is 0. The van der Waals surface area contributed by atoms with Crippen LogP contribution in [0.3, 0.4) is 0 Å². The summed E-state index contributed by atoms with van der Waals surface area (Å²) in [6, 6.07) is 52.8. The van der Waals surface area contributed by atoms with Crippen molar-refractivity contribution in [2.24, 2.45) is 0 Å². The van der Waals surface area contributed by atoms with Gasteiger partial charge in [-0.15, -0.1) is 24.8 Å². The van der Waals surface area contributed by atoms with Gasteiger partial charge in [0.05, 0.1) is 0 Å². The van der Waals surface area contributed by atoms with Crippen LogP contribution in [-0.2, 0) is 30.2 Å². The smallest absolute Gasteiger partial charge is 0.147 e. The van der Waals surface area contributed by atoms with E-state index in [1.54, 1.807) is 12.1 Å². The first-order chi connectivity index (χ1) is 26.1. The molecule has 0 N–H and O–H groups in total. The van der Waals surface area contributed by atoms with Gasteiger partial charge in [-0.1, -0.05) is 0 Å². The molecule has 0 spiro atoms. The topological polar surface area (TPSA) is 0 Å². The zero-order valence-corrected chi connectivity index (χ0v) is 37.7. The molecule has 4 aliphatic rings. The summed E-state index contributed by atoms with van der Waals surface area (Å²) in [5.41, 5.74) is 14.1. The van der Waals surface area contributed by atoms with E-state index in [4.69, 9.17) is 0 Å². The Kier molecular flexibility index (Phi) is 12.1. The zero-order valence-electron chi connectivity index (χ0n) is 32.2. The molecule has 0 radical (unpaired) electrons. The molecular weight excluding hydrogens is 829 g/mol. The Morgan fingerprint density at radius 1 is 0.411 bits per heavy atom. The molecule has 0 bridgehead atoms. The molecule has 0 fully saturated rings. The number of hydrogen-bond acceptors (Lipinski definition) is 0. The molecule has 282 valence electrons. The number of halogens is 4. The second-order valence-corrected chi connectivity index (χ2v) is 43.7. The van der Waals surface area contributed by atoms with Gasteiger partial charge in [0.2, 0.25) is 0 Å². The minimum absolute atomic E-state index is 0. The van der Waals surface area contributed by atoms with Gasteiger partial charge in [0.15, 0.2) is 0 Å². The fourth-order valence-corrected chi connectivity index (χ4v) is 26.3. The van der Waals surface area contributed by atoms with E-state index in [2.05, 4.69) is 115 Å². The Bertz CT molecular complexity index is 2500. The van der Waals surface area contributed by atoms with Crippen LogP contribution in [0, 0.1) is 11.6 Å². The van der Waals surface area contributed by atoms with Gasteiger partial charge in [-0.2, -0.15) is 0 Å². The fourth-order valence-electron chi connectivity index (χ4n) is 9.17. The third-order valence-corrected chi connectivity index (χ3v) is 26.3. The Labute approximate surface area is 345 Å². The Morgan fingerprint density at radius 2 is 0.732 bits per heavy atom. The van der Waals surface area contributed by atoms with Crippen molar-refractivity contribution >= 4 is 38.2 Å². The molecule has 8 rings (SSSR count). The maximum Gasteiger partial charge on any atom is -0.147 e. The van der Waals surface area contributed by atoms with Gasteiger partial charge >= 0.3 is 323 Å². The first kappa shape index (κ1) is 41.5. The number of rotatable bonds is 8. The predicted molar refractivity (Wildman–Crippen MR) is 241 cm³/mol. The first-order valence-electron chi connectivity index (χ1n) is 19.0. The van der Waals surface area contributed by atoms with Crippen molar-refractivity contribution in [3.05, 3.63) is 180 Å². The fraction of sp³-hybridized carbons (Fsp3) is 0.120. The molecule has 4 aliphatic carbocycles. The molecule has 0 nitrogen and oxygen atoms in total.